The van der Waals surface area contributed by atoms with Crippen LogP contribution in [-0.4, -0.2) is 11.1 Å². The summed E-state index contributed by atoms with van der Waals surface area (Å²) in [5.74, 6) is -3.03. The summed E-state index contributed by atoms with van der Waals surface area (Å²) in [6, 6.07) is 15.2. The second-order valence-corrected chi connectivity index (χ2v) is 8.86. The Labute approximate surface area is 199 Å². The number of carboxylic acid groups (broad SMARTS) is 1. The van der Waals surface area contributed by atoms with Gasteiger partial charge in [0.05, 0.1) is 17.0 Å². The maximum Gasteiger partial charge on any atom is 0.416 e. The highest BCUT2D eigenvalue weighted by Crippen LogP contribution is 2.43. The average molecular weight is 494 g/mol. The minimum Gasteiger partial charge on any atom is -0.481 e. The molecule has 0 saturated carbocycles. The van der Waals surface area contributed by atoms with E-state index in [0.29, 0.717) is 11.1 Å². The number of rotatable bonds is 7. The highest BCUT2D eigenvalue weighted by atomic mass is 19.4. The van der Waals surface area contributed by atoms with Crippen molar-refractivity contribution in [3.05, 3.63) is 94.5 Å². The molecular weight excluding hydrogens is 470 g/mol. The fourth-order valence-electron chi connectivity index (χ4n) is 4.19. The first-order chi connectivity index (χ1) is 16.3. The van der Waals surface area contributed by atoms with Crippen molar-refractivity contribution in [3.8, 4) is 11.1 Å². The summed E-state index contributed by atoms with van der Waals surface area (Å²) in [6.45, 7) is 3.43. The van der Waals surface area contributed by atoms with Crippen molar-refractivity contribution in [2.45, 2.75) is 45.0 Å². The first-order valence-corrected chi connectivity index (χ1v) is 11.0. The Morgan fingerprint density at radius 1 is 0.829 bits per heavy atom. The number of hydrogen-bond donors (Lipinski definition) is 1. The lowest BCUT2D eigenvalue weighted by atomic mass is 9.82. The van der Waals surface area contributed by atoms with Crippen LogP contribution in [0.5, 0.6) is 0 Å². The number of aliphatic carboxylic acids is 1. The molecule has 1 unspecified atom stereocenters. The van der Waals surface area contributed by atoms with Gasteiger partial charge in [0.25, 0.3) is 0 Å². The molecule has 186 valence electrons. The van der Waals surface area contributed by atoms with Gasteiger partial charge in [0, 0.05) is 0 Å². The van der Waals surface area contributed by atoms with Crippen LogP contribution < -0.4 is 0 Å². The molecule has 0 aromatic heterocycles. The number of carboxylic acids is 1. The molecule has 0 aliphatic rings. The fraction of sp³-hybridized carbons (Fsp3) is 0.296. The van der Waals surface area contributed by atoms with E-state index in [1.165, 1.54) is 18.2 Å². The third-order valence-corrected chi connectivity index (χ3v) is 5.67. The monoisotopic (exact) mass is 494 g/mol. The highest BCUT2D eigenvalue weighted by Gasteiger charge is 2.40. The summed E-state index contributed by atoms with van der Waals surface area (Å²) in [5.41, 5.74) is -1.76. The zero-order valence-corrected chi connectivity index (χ0v) is 19.0. The fourth-order valence-corrected chi connectivity index (χ4v) is 4.19. The molecule has 3 aromatic carbocycles. The topological polar surface area (TPSA) is 37.3 Å². The van der Waals surface area contributed by atoms with Crippen LogP contribution in [0.1, 0.15) is 54.0 Å². The van der Waals surface area contributed by atoms with Crippen LogP contribution in [0.4, 0.5) is 26.3 Å². The van der Waals surface area contributed by atoms with Crippen molar-refractivity contribution in [1.82, 2.24) is 0 Å². The molecule has 1 N–H and O–H groups in total. The molecule has 0 bridgehead atoms. The van der Waals surface area contributed by atoms with Crippen molar-refractivity contribution in [2.24, 2.45) is 5.92 Å². The van der Waals surface area contributed by atoms with Gasteiger partial charge in [-0.05, 0) is 58.7 Å². The second-order valence-electron chi connectivity index (χ2n) is 8.86. The largest absolute Gasteiger partial charge is 0.481 e. The van der Waals surface area contributed by atoms with Crippen LogP contribution in [0.3, 0.4) is 0 Å². The number of benzene rings is 3. The van der Waals surface area contributed by atoms with Crippen molar-refractivity contribution < 1.29 is 36.2 Å². The zero-order valence-electron chi connectivity index (χ0n) is 19.0. The van der Waals surface area contributed by atoms with Gasteiger partial charge in [-0.2, -0.15) is 26.3 Å². The van der Waals surface area contributed by atoms with E-state index in [-0.39, 0.29) is 29.0 Å². The van der Waals surface area contributed by atoms with E-state index >= 15 is 0 Å². The SMILES string of the molecule is CC(C)CC(C(=O)O)c1cc(-c2ccccc2)cc(Cc2cccc(C(F)(F)F)c2)c1C(F)(F)F. The number of alkyl halides is 6. The molecule has 0 aliphatic carbocycles. The molecule has 0 spiro atoms. The van der Waals surface area contributed by atoms with Crippen molar-refractivity contribution in [3.63, 3.8) is 0 Å². The van der Waals surface area contributed by atoms with Gasteiger partial charge in [-0.15, -0.1) is 0 Å². The molecule has 3 rings (SSSR count). The molecule has 0 aliphatic heterocycles. The van der Waals surface area contributed by atoms with Gasteiger partial charge < -0.3 is 5.11 Å². The summed E-state index contributed by atoms with van der Waals surface area (Å²) in [7, 11) is 0. The zero-order chi connectivity index (χ0) is 26.0. The van der Waals surface area contributed by atoms with E-state index in [1.807, 2.05) is 0 Å². The Kier molecular flexibility index (Phi) is 7.62. The molecule has 0 radical (unpaired) electrons. The van der Waals surface area contributed by atoms with Crippen LogP contribution >= 0.6 is 0 Å². The molecule has 3 aromatic rings. The van der Waals surface area contributed by atoms with Crippen LogP contribution in [0.2, 0.25) is 0 Å². The van der Waals surface area contributed by atoms with E-state index in [2.05, 4.69) is 0 Å². The van der Waals surface area contributed by atoms with Crippen LogP contribution in [0.25, 0.3) is 11.1 Å². The highest BCUT2D eigenvalue weighted by molar-refractivity contribution is 5.79. The standard InChI is InChI=1S/C27H24F6O2/c1-16(2)11-23(25(34)35)22-15-19(18-8-4-3-5-9-18)14-20(24(22)27(31,32)33)12-17-7-6-10-21(13-17)26(28,29)30/h3-10,13-16,23H,11-12H2,1-2H3,(H,34,35). The smallest absolute Gasteiger partial charge is 0.416 e. The molecule has 0 heterocycles. The van der Waals surface area contributed by atoms with Crippen molar-refractivity contribution >= 4 is 5.97 Å². The van der Waals surface area contributed by atoms with Gasteiger partial charge >= 0.3 is 18.3 Å². The molecule has 2 nitrogen and oxygen atoms in total. The van der Waals surface area contributed by atoms with E-state index in [9.17, 15) is 36.2 Å². The predicted octanol–water partition coefficient (Wildman–Crippen LogP) is 8.20. The maximum atomic E-state index is 14.4. The van der Waals surface area contributed by atoms with Gasteiger partial charge in [0.2, 0.25) is 0 Å². The molecule has 35 heavy (non-hydrogen) atoms. The summed E-state index contributed by atoms with van der Waals surface area (Å²) >= 11 is 0. The number of carbonyl (C=O) groups is 1. The molecular formula is C27H24F6O2. The van der Waals surface area contributed by atoms with Crippen molar-refractivity contribution in [2.75, 3.05) is 0 Å². The Bertz CT molecular complexity index is 1180. The minimum atomic E-state index is -4.91. The third kappa shape index (κ3) is 6.44. The minimum absolute atomic E-state index is 0.0281. The predicted molar refractivity (Wildman–Crippen MR) is 121 cm³/mol. The van der Waals surface area contributed by atoms with E-state index < -0.39 is 41.8 Å². The normalized spacial score (nSPS) is 13.2. The van der Waals surface area contributed by atoms with E-state index in [1.54, 1.807) is 44.2 Å². The first kappa shape index (κ1) is 26.3. The van der Waals surface area contributed by atoms with Gasteiger partial charge in [0.15, 0.2) is 0 Å². The Balaban J connectivity index is 2.29. The van der Waals surface area contributed by atoms with Crippen LogP contribution in [-0.2, 0) is 23.6 Å². The molecule has 0 amide bonds. The lowest BCUT2D eigenvalue weighted by Gasteiger charge is -2.24. The van der Waals surface area contributed by atoms with Crippen LogP contribution in [0.15, 0.2) is 66.7 Å². The van der Waals surface area contributed by atoms with Crippen LogP contribution in [0, 0.1) is 5.92 Å². The quantitative estimate of drug-likeness (QED) is 0.336. The Hall–Kier alpha value is -3.29. The molecule has 8 heteroatoms. The molecule has 1 atom stereocenters. The lowest BCUT2D eigenvalue weighted by Crippen LogP contribution is -2.21. The first-order valence-electron chi connectivity index (χ1n) is 11.0. The van der Waals surface area contributed by atoms with Crippen molar-refractivity contribution in [1.29, 1.82) is 0 Å². The lowest BCUT2D eigenvalue weighted by molar-refractivity contribution is -0.142. The summed E-state index contributed by atoms with van der Waals surface area (Å²) in [6.07, 6.45) is -10.0. The van der Waals surface area contributed by atoms with Gasteiger partial charge in [-0.25, -0.2) is 0 Å². The maximum absolute atomic E-state index is 14.4. The summed E-state index contributed by atoms with van der Waals surface area (Å²) in [4.78, 5) is 12.1. The summed E-state index contributed by atoms with van der Waals surface area (Å²) in [5, 5.41) is 9.84. The van der Waals surface area contributed by atoms with Gasteiger partial charge in [0.1, 0.15) is 0 Å². The molecule has 0 fully saturated rings. The Morgan fingerprint density at radius 2 is 1.49 bits per heavy atom. The molecule has 0 saturated heterocycles. The van der Waals surface area contributed by atoms with E-state index in [0.717, 1.165) is 18.2 Å². The number of halogens is 6. The third-order valence-electron chi connectivity index (χ3n) is 5.67. The van der Waals surface area contributed by atoms with E-state index in [4.69, 9.17) is 0 Å². The average Bonchev–Trinajstić information content (AvgIpc) is 2.76. The second kappa shape index (κ2) is 10.1. The number of hydrogen-bond acceptors (Lipinski definition) is 1. The van der Waals surface area contributed by atoms with Gasteiger partial charge in [-0.3, -0.25) is 4.79 Å². The van der Waals surface area contributed by atoms with Gasteiger partial charge in [-0.1, -0.05) is 68.4 Å². The Morgan fingerprint density at radius 3 is 2.03 bits per heavy atom. The summed E-state index contributed by atoms with van der Waals surface area (Å²) < 4.78 is 82.8.